The van der Waals surface area contributed by atoms with Gasteiger partial charge in [-0.15, -0.1) is 11.8 Å². The maximum Gasteiger partial charge on any atom is 0.255 e. The number of carbonyl (C=O) groups excluding carboxylic acids is 1. The van der Waals surface area contributed by atoms with E-state index >= 15 is 0 Å². The van der Waals surface area contributed by atoms with Crippen molar-refractivity contribution in [2.45, 2.75) is 22.6 Å². The van der Waals surface area contributed by atoms with Crippen molar-refractivity contribution in [2.75, 3.05) is 32.5 Å². The average molecular weight is 471 g/mol. The second-order valence-corrected chi connectivity index (χ2v) is 10.2. The van der Waals surface area contributed by atoms with E-state index in [0.29, 0.717) is 24.4 Å². The van der Waals surface area contributed by atoms with Crippen LogP contribution < -0.4 is 9.46 Å². The van der Waals surface area contributed by atoms with E-state index in [4.69, 9.17) is 4.74 Å². The minimum atomic E-state index is -3.77. The van der Waals surface area contributed by atoms with E-state index in [-0.39, 0.29) is 24.0 Å². The lowest BCUT2D eigenvalue weighted by atomic mass is 10.1. The summed E-state index contributed by atoms with van der Waals surface area (Å²) in [6.07, 6.45) is 3.85. The molecule has 1 amide bonds. The van der Waals surface area contributed by atoms with Gasteiger partial charge in [-0.1, -0.05) is 36.4 Å². The molecule has 0 unspecified atom stereocenters. The number of benzene rings is 3. The number of carbonyl (C=O) groups is 1. The quantitative estimate of drug-likeness (QED) is 0.395. The standard InChI is InChI=1S/C24H26N2O4S2/c1-31-23-12-11-19(17-21(23)24(27)26-14-4-5-15-26)32(28,29)25-13-16-30-22-10-6-8-18-7-2-3-9-20(18)22/h2-3,6-12,17,25H,4-5,13-16H2,1H3. The molecule has 8 heteroatoms. The third kappa shape index (κ3) is 4.92. The molecule has 1 heterocycles. The summed E-state index contributed by atoms with van der Waals surface area (Å²) in [4.78, 5) is 15.6. The first-order chi connectivity index (χ1) is 15.5. The van der Waals surface area contributed by atoms with Crippen molar-refractivity contribution in [3.05, 3.63) is 66.2 Å². The van der Waals surface area contributed by atoms with Crippen LogP contribution in [0, 0.1) is 0 Å². The number of rotatable bonds is 8. The van der Waals surface area contributed by atoms with Crippen LogP contribution in [-0.4, -0.2) is 51.7 Å². The van der Waals surface area contributed by atoms with Crippen LogP contribution in [0.1, 0.15) is 23.2 Å². The van der Waals surface area contributed by atoms with Crippen LogP contribution in [0.15, 0.2) is 70.5 Å². The van der Waals surface area contributed by atoms with Crippen LogP contribution in [0.25, 0.3) is 10.8 Å². The van der Waals surface area contributed by atoms with Gasteiger partial charge in [-0.3, -0.25) is 4.79 Å². The number of sulfonamides is 1. The maximum atomic E-state index is 12.9. The maximum absolute atomic E-state index is 12.9. The molecule has 0 saturated carbocycles. The Morgan fingerprint density at radius 2 is 1.81 bits per heavy atom. The summed E-state index contributed by atoms with van der Waals surface area (Å²) in [5.74, 6) is 0.605. The van der Waals surface area contributed by atoms with Gasteiger partial charge in [0.25, 0.3) is 5.91 Å². The van der Waals surface area contributed by atoms with Gasteiger partial charge in [0.05, 0.1) is 10.5 Å². The summed E-state index contributed by atoms with van der Waals surface area (Å²) in [5, 5.41) is 2.05. The monoisotopic (exact) mass is 470 g/mol. The van der Waals surface area contributed by atoms with Gasteiger partial charge in [0.2, 0.25) is 10.0 Å². The van der Waals surface area contributed by atoms with Gasteiger partial charge in [0.15, 0.2) is 0 Å². The zero-order valence-electron chi connectivity index (χ0n) is 17.9. The lowest BCUT2D eigenvalue weighted by Gasteiger charge is -2.18. The Kier molecular flexibility index (Phi) is 7.03. The number of hydrogen-bond acceptors (Lipinski definition) is 5. The Hall–Kier alpha value is -2.55. The number of nitrogens with zero attached hydrogens (tertiary/aromatic N) is 1. The van der Waals surface area contributed by atoms with Crippen LogP contribution in [0.5, 0.6) is 5.75 Å². The molecule has 0 aromatic heterocycles. The summed E-state index contributed by atoms with van der Waals surface area (Å²) in [5.41, 5.74) is 0.439. The van der Waals surface area contributed by atoms with Crippen molar-refractivity contribution in [3.63, 3.8) is 0 Å². The predicted octanol–water partition coefficient (Wildman–Crippen LogP) is 4.16. The summed E-state index contributed by atoms with van der Waals surface area (Å²) in [6, 6.07) is 18.4. The van der Waals surface area contributed by atoms with E-state index in [0.717, 1.165) is 28.5 Å². The molecule has 4 rings (SSSR count). The lowest BCUT2D eigenvalue weighted by Crippen LogP contribution is -2.30. The Bertz CT molecular complexity index is 1220. The third-order valence-corrected chi connectivity index (χ3v) is 7.76. The zero-order valence-corrected chi connectivity index (χ0v) is 19.5. The van der Waals surface area contributed by atoms with E-state index in [9.17, 15) is 13.2 Å². The normalized spacial score (nSPS) is 14.1. The second kappa shape index (κ2) is 9.94. The smallest absolute Gasteiger partial charge is 0.255 e. The summed E-state index contributed by atoms with van der Waals surface area (Å²) < 4.78 is 34.1. The van der Waals surface area contributed by atoms with E-state index in [2.05, 4.69) is 4.72 Å². The fourth-order valence-electron chi connectivity index (χ4n) is 3.85. The highest BCUT2D eigenvalue weighted by Gasteiger charge is 2.24. The molecule has 1 aliphatic rings. The molecule has 0 atom stereocenters. The molecule has 3 aromatic rings. The van der Waals surface area contributed by atoms with Gasteiger partial charge in [0.1, 0.15) is 12.4 Å². The fraction of sp³-hybridized carbons (Fsp3) is 0.292. The highest BCUT2D eigenvalue weighted by atomic mass is 32.2. The fourth-order valence-corrected chi connectivity index (χ4v) is 5.46. The molecule has 0 aliphatic carbocycles. The van der Waals surface area contributed by atoms with E-state index in [1.807, 2.05) is 48.7 Å². The van der Waals surface area contributed by atoms with Crippen LogP contribution in [0.4, 0.5) is 0 Å². The van der Waals surface area contributed by atoms with Crippen LogP contribution >= 0.6 is 11.8 Å². The molecule has 1 saturated heterocycles. The van der Waals surface area contributed by atoms with Crippen molar-refractivity contribution >= 4 is 38.5 Å². The van der Waals surface area contributed by atoms with Crippen LogP contribution in [-0.2, 0) is 10.0 Å². The average Bonchev–Trinajstić information content (AvgIpc) is 3.36. The number of hydrogen-bond donors (Lipinski definition) is 1. The van der Waals surface area contributed by atoms with E-state index in [1.54, 1.807) is 17.0 Å². The van der Waals surface area contributed by atoms with Crippen LogP contribution in [0.3, 0.4) is 0 Å². The van der Waals surface area contributed by atoms with Gasteiger partial charge >= 0.3 is 0 Å². The molecule has 0 spiro atoms. The number of likely N-dealkylation sites (tertiary alicyclic amines) is 1. The Morgan fingerprint density at radius 3 is 2.59 bits per heavy atom. The molecule has 1 aliphatic heterocycles. The molecule has 3 aromatic carbocycles. The number of fused-ring (bicyclic) bond motifs is 1. The first-order valence-corrected chi connectivity index (χ1v) is 13.3. The van der Waals surface area contributed by atoms with Crippen molar-refractivity contribution in [3.8, 4) is 5.75 Å². The minimum absolute atomic E-state index is 0.0861. The van der Waals surface area contributed by atoms with Gasteiger partial charge < -0.3 is 9.64 Å². The predicted molar refractivity (Wildman–Crippen MR) is 128 cm³/mol. The van der Waals surface area contributed by atoms with Gasteiger partial charge in [-0.2, -0.15) is 0 Å². The lowest BCUT2D eigenvalue weighted by molar-refractivity contribution is 0.0789. The molecule has 168 valence electrons. The number of thioether (sulfide) groups is 1. The molecular formula is C24H26N2O4S2. The number of nitrogens with one attached hydrogen (secondary N) is 1. The SMILES string of the molecule is CSc1ccc(S(=O)(=O)NCCOc2cccc3ccccc23)cc1C(=O)N1CCCC1. The highest BCUT2D eigenvalue weighted by Crippen LogP contribution is 2.27. The molecule has 1 N–H and O–H groups in total. The first-order valence-electron chi connectivity index (χ1n) is 10.6. The second-order valence-electron chi connectivity index (χ2n) is 7.58. The van der Waals surface area contributed by atoms with Crippen molar-refractivity contribution in [1.29, 1.82) is 0 Å². The third-order valence-electron chi connectivity index (χ3n) is 5.51. The molecular weight excluding hydrogens is 444 g/mol. The minimum Gasteiger partial charge on any atom is -0.492 e. The molecule has 0 bridgehead atoms. The largest absolute Gasteiger partial charge is 0.492 e. The molecule has 0 radical (unpaired) electrons. The van der Waals surface area contributed by atoms with Crippen molar-refractivity contribution in [1.82, 2.24) is 9.62 Å². The van der Waals surface area contributed by atoms with Crippen molar-refractivity contribution in [2.24, 2.45) is 0 Å². The molecule has 6 nitrogen and oxygen atoms in total. The van der Waals surface area contributed by atoms with E-state index < -0.39 is 10.0 Å². The summed E-state index contributed by atoms with van der Waals surface area (Å²) in [6.45, 7) is 1.74. The molecule has 32 heavy (non-hydrogen) atoms. The number of ether oxygens (including phenoxy) is 1. The highest BCUT2D eigenvalue weighted by molar-refractivity contribution is 7.98. The van der Waals surface area contributed by atoms with Crippen LogP contribution in [0.2, 0.25) is 0 Å². The zero-order chi connectivity index (χ0) is 22.6. The van der Waals surface area contributed by atoms with Gasteiger partial charge in [0, 0.05) is 29.9 Å². The Balaban J connectivity index is 1.44. The Labute approximate surface area is 193 Å². The van der Waals surface area contributed by atoms with Gasteiger partial charge in [-0.05, 0) is 48.7 Å². The van der Waals surface area contributed by atoms with Crippen molar-refractivity contribution < 1.29 is 17.9 Å². The molecule has 1 fully saturated rings. The number of amides is 1. The topological polar surface area (TPSA) is 75.7 Å². The summed E-state index contributed by atoms with van der Waals surface area (Å²) >= 11 is 1.44. The summed E-state index contributed by atoms with van der Waals surface area (Å²) in [7, 11) is -3.77. The Morgan fingerprint density at radius 1 is 1.06 bits per heavy atom. The van der Waals surface area contributed by atoms with E-state index in [1.165, 1.54) is 17.8 Å². The van der Waals surface area contributed by atoms with Gasteiger partial charge in [-0.25, -0.2) is 13.1 Å². The first kappa shape index (κ1) is 22.6.